The molecule has 24 heavy (non-hydrogen) atoms. The molecule has 1 amide bonds. The van der Waals surface area contributed by atoms with Gasteiger partial charge in [0.2, 0.25) is 5.91 Å². The number of rotatable bonds is 5. The van der Waals surface area contributed by atoms with E-state index in [1.165, 1.54) is 6.33 Å². The molecular weight excluding hydrogens is 302 g/mol. The summed E-state index contributed by atoms with van der Waals surface area (Å²) in [6.07, 6.45) is 1.74. The summed E-state index contributed by atoms with van der Waals surface area (Å²) >= 11 is 0. The van der Waals surface area contributed by atoms with Crippen LogP contribution in [0.2, 0.25) is 0 Å². The van der Waals surface area contributed by atoms with Crippen LogP contribution >= 0.6 is 0 Å². The minimum Gasteiger partial charge on any atom is -0.497 e. The fraction of sp³-hybridized carbons (Fsp3) is 0.105. The average molecular weight is 319 g/mol. The Bertz CT molecular complexity index is 835. The van der Waals surface area contributed by atoms with Crippen molar-refractivity contribution in [2.45, 2.75) is 6.42 Å². The lowest BCUT2D eigenvalue weighted by Gasteiger charge is -2.07. The fourth-order valence-corrected chi connectivity index (χ4v) is 2.33. The first-order valence-electron chi connectivity index (χ1n) is 7.55. The van der Waals surface area contributed by atoms with Crippen molar-refractivity contribution in [2.24, 2.45) is 0 Å². The van der Waals surface area contributed by atoms with Gasteiger partial charge in [-0.2, -0.15) is 0 Å². The summed E-state index contributed by atoms with van der Waals surface area (Å²) in [6.45, 7) is 0. The van der Waals surface area contributed by atoms with E-state index in [0.29, 0.717) is 12.2 Å². The van der Waals surface area contributed by atoms with Gasteiger partial charge in [0, 0.05) is 11.6 Å². The van der Waals surface area contributed by atoms with E-state index < -0.39 is 0 Å². The molecule has 0 atom stereocenters. The summed E-state index contributed by atoms with van der Waals surface area (Å²) in [5, 5.41) is 2.81. The third kappa shape index (κ3) is 3.95. The van der Waals surface area contributed by atoms with Gasteiger partial charge in [-0.1, -0.05) is 42.5 Å². The number of carbonyl (C=O) groups is 1. The Morgan fingerprint density at radius 1 is 1.04 bits per heavy atom. The highest BCUT2D eigenvalue weighted by Crippen LogP contribution is 2.23. The SMILES string of the molecule is COc1cccc(-c2cc(NC(=O)Cc3ccccc3)ncn2)c1. The van der Waals surface area contributed by atoms with E-state index in [9.17, 15) is 4.79 Å². The smallest absolute Gasteiger partial charge is 0.229 e. The number of nitrogens with one attached hydrogen (secondary N) is 1. The van der Waals surface area contributed by atoms with Gasteiger partial charge in [0.15, 0.2) is 0 Å². The van der Waals surface area contributed by atoms with Crippen molar-refractivity contribution in [1.29, 1.82) is 0 Å². The van der Waals surface area contributed by atoms with Crippen LogP contribution in [0.25, 0.3) is 11.3 Å². The summed E-state index contributed by atoms with van der Waals surface area (Å²) in [5.41, 5.74) is 2.58. The summed E-state index contributed by atoms with van der Waals surface area (Å²) in [5.74, 6) is 1.11. The molecule has 0 saturated heterocycles. The largest absolute Gasteiger partial charge is 0.497 e. The summed E-state index contributed by atoms with van der Waals surface area (Å²) in [6, 6.07) is 18.9. The van der Waals surface area contributed by atoms with Gasteiger partial charge in [0.1, 0.15) is 17.9 Å². The van der Waals surface area contributed by atoms with Crippen molar-refractivity contribution in [2.75, 3.05) is 12.4 Å². The first-order valence-corrected chi connectivity index (χ1v) is 7.55. The number of aromatic nitrogens is 2. The Morgan fingerprint density at radius 2 is 1.88 bits per heavy atom. The van der Waals surface area contributed by atoms with Crippen molar-refractivity contribution in [3.05, 3.63) is 72.6 Å². The molecule has 1 heterocycles. The molecule has 3 aromatic rings. The molecular formula is C19H17N3O2. The van der Waals surface area contributed by atoms with E-state index in [1.807, 2.05) is 54.6 Å². The van der Waals surface area contributed by atoms with Crippen molar-refractivity contribution < 1.29 is 9.53 Å². The molecule has 120 valence electrons. The van der Waals surface area contributed by atoms with Crippen molar-refractivity contribution in [1.82, 2.24) is 9.97 Å². The van der Waals surface area contributed by atoms with E-state index in [4.69, 9.17) is 4.74 Å². The number of ether oxygens (including phenoxy) is 1. The molecule has 1 aromatic heterocycles. The normalized spacial score (nSPS) is 10.2. The third-order valence-electron chi connectivity index (χ3n) is 3.51. The van der Waals surface area contributed by atoms with E-state index in [0.717, 1.165) is 22.6 Å². The first-order chi connectivity index (χ1) is 11.7. The Kier molecular flexibility index (Phi) is 4.81. The van der Waals surface area contributed by atoms with Crippen LogP contribution in [0.1, 0.15) is 5.56 Å². The van der Waals surface area contributed by atoms with Gasteiger partial charge in [-0.15, -0.1) is 0 Å². The van der Waals surface area contributed by atoms with Crippen molar-refractivity contribution in [3.8, 4) is 17.0 Å². The third-order valence-corrected chi connectivity index (χ3v) is 3.51. The standard InChI is InChI=1S/C19H17N3O2/c1-24-16-9-5-8-15(11-16)17-12-18(21-13-20-17)22-19(23)10-14-6-3-2-4-7-14/h2-9,11-13H,10H2,1H3,(H,20,21,22,23). The fourth-order valence-electron chi connectivity index (χ4n) is 2.33. The Morgan fingerprint density at radius 3 is 2.67 bits per heavy atom. The molecule has 0 unspecified atom stereocenters. The molecule has 0 fully saturated rings. The van der Waals surface area contributed by atoms with Gasteiger partial charge in [-0.3, -0.25) is 4.79 Å². The second-order valence-electron chi connectivity index (χ2n) is 5.23. The maximum absolute atomic E-state index is 12.1. The molecule has 0 aliphatic heterocycles. The highest BCUT2D eigenvalue weighted by Gasteiger charge is 2.07. The Balaban J connectivity index is 1.74. The molecule has 1 N–H and O–H groups in total. The van der Waals surface area contributed by atoms with Gasteiger partial charge in [0.25, 0.3) is 0 Å². The van der Waals surface area contributed by atoms with Gasteiger partial charge < -0.3 is 10.1 Å². The van der Waals surface area contributed by atoms with Gasteiger partial charge in [0.05, 0.1) is 19.2 Å². The zero-order chi connectivity index (χ0) is 16.8. The summed E-state index contributed by atoms with van der Waals surface area (Å²) in [4.78, 5) is 20.5. The predicted molar refractivity (Wildman–Crippen MR) is 92.8 cm³/mol. The maximum Gasteiger partial charge on any atom is 0.229 e. The Hall–Kier alpha value is -3.21. The number of hydrogen-bond donors (Lipinski definition) is 1. The predicted octanol–water partition coefficient (Wildman–Crippen LogP) is 3.33. The summed E-state index contributed by atoms with van der Waals surface area (Å²) < 4.78 is 5.22. The van der Waals surface area contributed by atoms with Crippen LogP contribution in [0.5, 0.6) is 5.75 Å². The quantitative estimate of drug-likeness (QED) is 0.783. The minimum absolute atomic E-state index is 0.114. The van der Waals surface area contributed by atoms with Crippen LogP contribution in [0.4, 0.5) is 5.82 Å². The van der Waals surface area contributed by atoms with Gasteiger partial charge in [-0.05, 0) is 17.7 Å². The zero-order valence-electron chi connectivity index (χ0n) is 13.3. The minimum atomic E-state index is -0.114. The van der Waals surface area contributed by atoms with E-state index >= 15 is 0 Å². The van der Waals surface area contributed by atoms with Gasteiger partial charge >= 0.3 is 0 Å². The average Bonchev–Trinajstić information content (AvgIpc) is 2.63. The monoisotopic (exact) mass is 319 g/mol. The lowest BCUT2D eigenvalue weighted by Crippen LogP contribution is -2.15. The van der Waals surface area contributed by atoms with E-state index in [1.54, 1.807) is 13.2 Å². The lowest BCUT2D eigenvalue weighted by atomic mass is 10.1. The molecule has 0 aliphatic carbocycles. The van der Waals surface area contributed by atoms with Crippen LogP contribution in [0, 0.1) is 0 Å². The zero-order valence-corrected chi connectivity index (χ0v) is 13.3. The van der Waals surface area contributed by atoms with Crippen LogP contribution in [-0.2, 0) is 11.2 Å². The molecule has 0 radical (unpaired) electrons. The lowest BCUT2D eigenvalue weighted by molar-refractivity contribution is -0.115. The molecule has 5 nitrogen and oxygen atoms in total. The summed E-state index contributed by atoms with van der Waals surface area (Å²) in [7, 11) is 1.62. The molecule has 0 saturated carbocycles. The molecule has 0 bridgehead atoms. The highest BCUT2D eigenvalue weighted by atomic mass is 16.5. The number of carbonyl (C=O) groups excluding carboxylic acids is 1. The van der Waals surface area contributed by atoms with Crippen LogP contribution in [0.15, 0.2) is 67.0 Å². The molecule has 3 rings (SSSR count). The molecule has 0 spiro atoms. The molecule has 5 heteroatoms. The van der Waals surface area contributed by atoms with E-state index in [2.05, 4.69) is 15.3 Å². The van der Waals surface area contributed by atoms with Crippen LogP contribution in [-0.4, -0.2) is 23.0 Å². The molecule has 0 aliphatic rings. The highest BCUT2D eigenvalue weighted by molar-refractivity contribution is 5.91. The second kappa shape index (κ2) is 7.37. The van der Waals surface area contributed by atoms with Crippen LogP contribution < -0.4 is 10.1 Å². The van der Waals surface area contributed by atoms with E-state index in [-0.39, 0.29) is 5.91 Å². The molecule has 2 aromatic carbocycles. The number of amides is 1. The number of anilines is 1. The second-order valence-corrected chi connectivity index (χ2v) is 5.23. The maximum atomic E-state index is 12.1. The first kappa shape index (κ1) is 15.7. The number of benzene rings is 2. The van der Waals surface area contributed by atoms with Crippen LogP contribution in [0.3, 0.4) is 0 Å². The number of hydrogen-bond acceptors (Lipinski definition) is 4. The van der Waals surface area contributed by atoms with Crippen molar-refractivity contribution >= 4 is 11.7 Å². The van der Waals surface area contributed by atoms with Gasteiger partial charge in [-0.25, -0.2) is 9.97 Å². The number of nitrogens with zero attached hydrogens (tertiary/aromatic N) is 2. The topological polar surface area (TPSA) is 64.1 Å². The number of methoxy groups -OCH3 is 1. The Labute approximate surface area is 140 Å². The van der Waals surface area contributed by atoms with Crippen molar-refractivity contribution in [3.63, 3.8) is 0 Å².